The van der Waals surface area contributed by atoms with Gasteiger partial charge >= 0.3 is 0 Å². The van der Waals surface area contributed by atoms with Crippen LogP contribution < -0.4 is 0 Å². The maximum Gasteiger partial charge on any atom is 0.152 e. The summed E-state index contributed by atoms with van der Waals surface area (Å²) in [6.07, 6.45) is 6.27. The quantitative estimate of drug-likeness (QED) is 0.595. The van der Waals surface area contributed by atoms with Gasteiger partial charge in [0.15, 0.2) is 5.78 Å². The number of hydrogen-bond donors (Lipinski definition) is 0. The molecule has 1 atom stereocenters. The summed E-state index contributed by atoms with van der Waals surface area (Å²) in [6, 6.07) is 0.427. The number of rotatable bonds is 3. The van der Waals surface area contributed by atoms with Gasteiger partial charge in [0.25, 0.3) is 0 Å². The standard InChI is InChI=1S/C10H17NO/c1-9(5-6-10(2)12)11-7-3-4-8-11/h5-6,9H,3-4,7-8H2,1-2H3/b6-5+/t9-/m1/s1. The Hall–Kier alpha value is -0.630. The molecule has 0 amide bonds. The van der Waals surface area contributed by atoms with E-state index >= 15 is 0 Å². The Kier molecular flexibility index (Phi) is 3.48. The number of nitrogens with zero attached hydrogens (tertiary/aromatic N) is 1. The zero-order valence-electron chi connectivity index (χ0n) is 7.92. The molecular weight excluding hydrogens is 150 g/mol. The zero-order chi connectivity index (χ0) is 8.97. The van der Waals surface area contributed by atoms with Crippen LogP contribution >= 0.6 is 0 Å². The van der Waals surface area contributed by atoms with Crippen molar-refractivity contribution in [2.24, 2.45) is 0 Å². The molecule has 0 unspecified atom stereocenters. The Morgan fingerprint density at radius 2 is 2.00 bits per heavy atom. The third-order valence-electron chi connectivity index (χ3n) is 2.33. The number of allylic oxidation sites excluding steroid dienone is 1. The molecule has 1 aliphatic heterocycles. The van der Waals surface area contributed by atoms with E-state index < -0.39 is 0 Å². The van der Waals surface area contributed by atoms with Gasteiger partial charge < -0.3 is 0 Å². The van der Waals surface area contributed by atoms with Crippen LogP contribution in [0.5, 0.6) is 0 Å². The predicted octanol–water partition coefficient (Wildman–Crippen LogP) is 1.62. The van der Waals surface area contributed by atoms with Gasteiger partial charge in [-0.3, -0.25) is 9.69 Å². The largest absolute Gasteiger partial charge is 0.297 e. The lowest BCUT2D eigenvalue weighted by atomic mass is 10.2. The lowest BCUT2D eigenvalue weighted by Crippen LogP contribution is -2.28. The fraction of sp³-hybridized carbons (Fsp3) is 0.700. The van der Waals surface area contributed by atoms with Crippen LogP contribution in [0.15, 0.2) is 12.2 Å². The van der Waals surface area contributed by atoms with Crippen molar-refractivity contribution < 1.29 is 4.79 Å². The smallest absolute Gasteiger partial charge is 0.152 e. The molecule has 1 heterocycles. The summed E-state index contributed by atoms with van der Waals surface area (Å²) in [5.41, 5.74) is 0. The summed E-state index contributed by atoms with van der Waals surface area (Å²) in [5.74, 6) is 0.140. The molecule has 12 heavy (non-hydrogen) atoms. The molecular formula is C10H17NO. The first-order valence-electron chi connectivity index (χ1n) is 4.63. The Bertz CT molecular complexity index is 180. The van der Waals surface area contributed by atoms with E-state index in [1.807, 2.05) is 6.08 Å². The van der Waals surface area contributed by atoms with Crippen LogP contribution in [0.1, 0.15) is 26.7 Å². The summed E-state index contributed by atoms with van der Waals surface area (Å²) < 4.78 is 0. The summed E-state index contributed by atoms with van der Waals surface area (Å²) in [5, 5.41) is 0. The van der Waals surface area contributed by atoms with E-state index in [4.69, 9.17) is 0 Å². The van der Waals surface area contributed by atoms with Crippen molar-refractivity contribution in [1.29, 1.82) is 0 Å². The molecule has 0 radical (unpaired) electrons. The van der Waals surface area contributed by atoms with E-state index in [0.717, 1.165) is 0 Å². The first kappa shape index (κ1) is 9.46. The Labute approximate surface area is 74.2 Å². The Balaban J connectivity index is 2.36. The number of ketones is 1. The van der Waals surface area contributed by atoms with Gasteiger partial charge in [0.05, 0.1) is 0 Å². The van der Waals surface area contributed by atoms with Gasteiger partial charge in [-0.15, -0.1) is 0 Å². The molecule has 2 heteroatoms. The van der Waals surface area contributed by atoms with E-state index in [1.165, 1.54) is 25.9 Å². The van der Waals surface area contributed by atoms with Crippen molar-refractivity contribution in [1.82, 2.24) is 4.90 Å². The molecule has 2 nitrogen and oxygen atoms in total. The van der Waals surface area contributed by atoms with E-state index in [2.05, 4.69) is 11.8 Å². The molecule has 0 aromatic heterocycles. The summed E-state index contributed by atoms with van der Waals surface area (Å²) >= 11 is 0. The van der Waals surface area contributed by atoms with Crippen LogP contribution in [0.25, 0.3) is 0 Å². The second kappa shape index (κ2) is 4.41. The van der Waals surface area contributed by atoms with E-state index in [9.17, 15) is 4.79 Å². The minimum atomic E-state index is 0.140. The van der Waals surface area contributed by atoms with Crippen LogP contribution in [0.3, 0.4) is 0 Å². The van der Waals surface area contributed by atoms with Gasteiger partial charge in [0, 0.05) is 6.04 Å². The highest BCUT2D eigenvalue weighted by Crippen LogP contribution is 2.11. The van der Waals surface area contributed by atoms with Crippen molar-refractivity contribution in [2.45, 2.75) is 32.7 Å². The highest BCUT2D eigenvalue weighted by molar-refractivity contribution is 5.87. The van der Waals surface area contributed by atoms with Gasteiger partial charge in [-0.1, -0.05) is 6.08 Å². The van der Waals surface area contributed by atoms with Gasteiger partial charge in [0.1, 0.15) is 0 Å². The third-order valence-corrected chi connectivity index (χ3v) is 2.33. The van der Waals surface area contributed by atoms with E-state index in [-0.39, 0.29) is 5.78 Å². The van der Waals surface area contributed by atoms with Crippen LogP contribution in [-0.4, -0.2) is 29.8 Å². The van der Waals surface area contributed by atoms with Crippen molar-refractivity contribution in [3.8, 4) is 0 Å². The Morgan fingerprint density at radius 3 is 2.50 bits per heavy atom. The fourth-order valence-corrected chi connectivity index (χ4v) is 1.55. The molecule has 1 saturated heterocycles. The van der Waals surface area contributed by atoms with Crippen LogP contribution in [0.4, 0.5) is 0 Å². The molecule has 0 bridgehead atoms. The van der Waals surface area contributed by atoms with Crippen molar-refractivity contribution in [2.75, 3.05) is 13.1 Å². The lowest BCUT2D eigenvalue weighted by Gasteiger charge is -2.19. The topological polar surface area (TPSA) is 20.3 Å². The average Bonchev–Trinajstić information content (AvgIpc) is 2.51. The maximum atomic E-state index is 10.7. The Morgan fingerprint density at radius 1 is 1.42 bits per heavy atom. The van der Waals surface area contributed by atoms with Crippen LogP contribution in [0, 0.1) is 0 Å². The highest BCUT2D eigenvalue weighted by Gasteiger charge is 2.15. The number of carbonyl (C=O) groups excluding carboxylic acids is 1. The SMILES string of the molecule is CC(=O)/C=C/[C@@H](C)N1CCCC1. The van der Waals surface area contributed by atoms with Crippen molar-refractivity contribution in [3.05, 3.63) is 12.2 Å². The predicted molar refractivity (Wildman–Crippen MR) is 50.1 cm³/mol. The first-order chi connectivity index (χ1) is 5.70. The normalized spacial score (nSPS) is 21.8. The molecule has 0 aromatic rings. The zero-order valence-corrected chi connectivity index (χ0v) is 7.92. The molecule has 1 fully saturated rings. The molecule has 68 valence electrons. The molecule has 0 spiro atoms. The molecule has 0 aromatic carbocycles. The maximum absolute atomic E-state index is 10.7. The van der Waals surface area contributed by atoms with Gasteiger partial charge in [-0.2, -0.15) is 0 Å². The minimum Gasteiger partial charge on any atom is -0.297 e. The number of hydrogen-bond acceptors (Lipinski definition) is 2. The van der Waals surface area contributed by atoms with Crippen molar-refractivity contribution >= 4 is 5.78 Å². The molecule has 1 rings (SSSR count). The third kappa shape index (κ3) is 2.78. The van der Waals surface area contributed by atoms with E-state index in [0.29, 0.717) is 6.04 Å². The van der Waals surface area contributed by atoms with Gasteiger partial charge in [0.2, 0.25) is 0 Å². The highest BCUT2D eigenvalue weighted by atomic mass is 16.1. The summed E-state index contributed by atoms with van der Waals surface area (Å²) in [6.45, 7) is 6.10. The van der Waals surface area contributed by atoms with Crippen molar-refractivity contribution in [3.63, 3.8) is 0 Å². The first-order valence-corrected chi connectivity index (χ1v) is 4.63. The molecule has 0 saturated carbocycles. The molecule has 1 aliphatic rings. The lowest BCUT2D eigenvalue weighted by molar-refractivity contribution is -0.112. The van der Waals surface area contributed by atoms with Crippen LogP contribution in [0.2, 0.25) is 0 Å². The monoisotopic (exact) mass is 167 g/mol. The summed E-state index contributed by atoms with van der Waals surface area (Å²) in [7, 11) is 0. The van der Waals surface area contributed by atoms with E-state index in [1.54, 1.807) is 13.0 Å². The number of likely N-dealkylation sites (tertiary alicyclic amines) is 1. The number of carbonyl (C=O) groups is 1. The van der Waals surface area contributed by atoms with Gasteiger partial charge in [-0.05, 0) is 45.9 Å². The second-order valence-electron chi connectivity index (χ2n) is 3.45. The summed E-state index contributed by atoms with van der Waals surface area (Å²) in [4.78, 5) is 13.1. The van der Waals surface area contributed by atoms with Gasteiger partial charge in [-0.25, -0.2) is 0 Å². The second-order valence-corrected chi connectivity index (χ2v) is 3.45. The minimum absolute atomic E-state index is 0.140. The molecule has 0 N–H and O–H groups in total. The fourth-order valence-electron chi connectivity index (χ4n) is 1.55. The van der Waals surface area contributed by atoms with Crippen LogP contribution in [-0.2, 0) is 4.79 Å². The average molecular weight is 167 g/mol. The molecule has 0 aliphatic carbocycles.